The molecule has 0 spiro atoms. The normalized spacial score (nSPS) is 27.1. The van der Waals surface area contributed by atoms with Gasteiger partial charge in [-0.2, -0.15) is 0 Å². The molecule has 0 aromatic heterocycles. The summed E-state index contributed by atoms with van der Waals surface area (Å²) >= 11 is 0. The number of piperazine rings is 3. The summed E-state index contributed by atoms with van der Waals surface area (Å²) in [6.45, 7) is 9.70. The lowest BCUT2D eigenvalue weighted by Crippen LogP contribution is -2.66. The molecular formula is C32H40N3O4S+. The number of aliphatic hydroxyl groups is 1. The molecule has 4 heterocycles. The number of rotatable bonds is 8. The van der Waals surface area contributed by atoms with Crippen LogP contribution in [0.15, 0.2) is 71.6 Å². The summed E-state index contributed by atoms with van der Waals surface area (Å²) in [4.78, 5) is 2.90. The Morgan fingerprint density at radius 3 is 2.25 bits per heavy atom. The van der Waals surface area contributed by atoms with Gasteiger partial charge in [0.2, 0.25) is 0 Å². The molecule has 7 nitrogen and oxygen atoms in total. The Hall–Kier alpha value is -2.75. The van der Waals surface area contributed by atoms with Gasteiger partial charge >= 0.3 is 0 Å². The van der Waals surface area contributed by atoms with E-state index in [-0.39, 0.29) is 12.2 Å². The largest absolute Gasteiger partial charge is 0.489 e. The number of nitrogens with zero attached hydrogens (tertiary/aromatic N) is 2. The van der Waals surface area contributed by atoms with Crippen LogP contribution in [0.4, 0.5) is 0 Å². The third kappa shape index (κ3) is 5.69. The number of aliphatic hydroxyl groups excluding tert-OH is 1. The number of ether oxygens (including phenoxy) is 1. The van der Waals surface area contributed by atoms with E-state index in [1.54, 1.807) is 6.07 Å². The van der Waals surface area contributed by atoms with E-state index < -0.39 is 21.9 Å². The van der Waals surface area contributed by atoms with Crippen molar-refractivity contribution in [1.82, 2.24) is 10.2 Å². The molecule has 3 fully saturated rings. The van der Waals surface area contributed by atoms with Crippen LogP contribution >= 0.6 is 0 Å². The Morgan fingerprint density at radius 2 is 1.57 bits per heavy atom. The van der Waals surface area contributed by atoms with Crippen molar-refractivity contribution in [2.45, 2.75) is 43.0 Å². The summed E-state index contributed by atoms with van der Waals surface area (Å²) in [5, 5.41) is 14.2. The molecule has 40 heavy (non-hydrogen) atoms. The first-order valence-corrected chi connectivity index (χ1v) is 16.1. The summed E-state index contributed by atoms with van der Waals surface area (Å²) in [6.07, 6.45) is -0.583. The van der Waals surface area contributed by atoms with Crippen molar-refractivity contribution in [3.8, 4) is 5.75 Å². The quantitative estimate of drug-likeness (QED) is 0.411. The molecule has 2 atom stereocenters. The molecule has 3 saturated heterocycles. The van der Waals surface area contributed by atoms with Crippen molar-refractivity contribution >= 4 is 9.84 Å². The highest BCUT2D eigenvalue weighted by molar-refractivity contribution is 7.91. The van der Waals surface area contributed by atoms with Gasteiger partial charge in [0, 0.05) is 37.7 Å². The van der Waals surface area contributed by atoms with Crippen molar-refractivity contribution in [1.29, 1.82) is 0 Å². The van der Waals surface area contributed by atoms with E-state index in [0.29, 0.717) is 23.6 Å². The van der Waals surface area contributed by atoms with Crippen molar-refractivity contribution in [3.63, 3.8) is 0 Å². The van der Waals surface area contributed by atoms with Crippen molar-refractivity contribution in [2.24, 2.45) is 0 Å². The minimum atomic E-state index is -3.45. The van der Waals surface area contributed by atoms with Crippen LogP contribution in [0.3, 0.4) is 0 Å². The Kier molecular flexibility index (Phi) is 7.72. The second kappa shape index (κ2) is 11.3. The van der Waals surface area contributed by atoms with Gasteiger partial charge in [-0.15, -0.1) is 0 Å². The third-order valence-electron chi connectivity index (χ3n) is 9.05. The van der Waals surface area contributed by atoms with Gasteiger partial charge in [-0.3, -0.25) is 4.90 Å². The monoisotopic (exact) mass is 562 g/mol. The van der Waals surface area contributed by atoms with Crippen LogP contribution in [0.5, 0.6) is 5.75 Å². The fraction of sp³-hybridized carbons (Fsp3) is 0.438. The first kappa shape index (κ1) is 27.4. The van der Waals surface area contributed by atoms with E-state index in [0.717, 1.165) is 29.0 Å². The highest BCUT2D eigenvalue weighted by atomic mass is 32.2. The molecule has 0 radical (unpaired) electrons. The highest BCUT2D eigenvalue weighted by Crippen LogP contribution is 2.38. The van der Waals surface area contributed by atoms with E-state index in [2.05, 4.69) is 34.5 Å². The highest BCUT2D eigenvalue weighted by Gasteiger charge is 2.38. The molecule has 0 aliphatic carbocycles. The Balaban J connectivity index is 1.14. The van der Waals surface area contributed by atoms with Crippen molar-refractivity contribution in [3.05, 3.63) is 94.5 Å². The molecule has 4 aliphatic rings. The first-order chi connectivity index (χ1) is 19.3. The van der Waals surface area contributed by atoms with Gasteiger partial charge in [0.1, 0.15) is 18.9 Å². The summed E-state index contributed by atoms with van der Waals surface area (Å²) in [5.74, 6) is 0.277. The maximum atomic E-state index is 13.0. The molecule has 2 bridgehead atoms. The molecule has 7 rings (SSSR count). The van der Waals surface area contributed by atoms with E-state index in [4.69, 9.17) is 4.74 Å². The molecule has 4 aliphatic heterocycles. The molecule has 0 amide bonds. The molecule has 0 saturated carbocycles. The van der Waals surface area contributed by atoms with Crippen LogP contribution in [0.1, 0.15) is 40.2 Å². The Bertz CT molecular complexity index is 1420. The maximum absolute atomic E-state index is 13.0. The lowest BCUT2D eigenvalue weighted by Gasteiger charge is -2.50. The van der Waals surface area contributed by atoms with Crippen LogP contribution in [0.2, 0.25) is 0 Å². The third-order valence-corrected chi connectivity index (χ3v) is 10.9. The number of quaternary nitrogens is 1. The zero-order valence-electron chi connectivity index (χ0n) is 23.3. The van der Waals surface area contributed by atoms with Crippen LogP contribution in [-0.2, 0) is 29.5 Å². The molecular weight excluding hydrogens is 522 g/mol. The van der Waals surface area contributed by atoms with Gasteiger partial charge < -0.3 is 19.6 Å². The summed E-state index contributed by atoms with van der Waals surface area (Å²) < 4.78 is 33.3. The molecule has 3 aromatic rings. The average molecular weight is 563 g/mol. The van der Waals surface area contributed by atoms with Crippen LogP contribution in [0, 0.1) is 0 Å². The van der Waals surface area contributed by atoms with Gasteiger partial charge in [0.15, 0.2) is 9.84 Å². The van der Waals surface area contributed by atoms with Gasteiger partial charge in [0.25, 0.3) is 0 Å². The molecule has 3 aromatic carbocycles. The maximum Gasteiger partial charge on any atom is 0.178 e. The Labute approximate surface area is 237 Å². The summed E-state index contributed by atoms with van der Waals surface area (Å²) in [7, 11) is -1.59. The van der Waals surface area contributed by atoms with E-state index in [1.165, 1.54) is 49.3 Å². The fourth-order valence-corrected chi connectivity index (χ4v) is 8.23. The average Bonchev–Trinajstić information content (AvgIpc) is 3.07. The Morgan fingerprint density at radius 1 is 0.925 bits per heavy atom. The predicted octanol–water partition coefficient (Wildman–Crippen LogP) is 3.30. The van der Waals surface area contributed by atoms with E-state index >= 15 is 0 Å². The molecule has 2 N–H and O–H groups in total. The van der Waals surface area contributed by atoms with Gasteiger partial charge in [0.05, 0.1) is 36.4 Å². The number of benzene rings is 3. The number of sulfone groups is 1. The predicted molar refractivity (Wildman–Crippen MR) is 156 cm³/mol. The summed E-state index contributed by atoms with van der Waals surface area (Å²) in [5.41, 5.74) is 5.07. The van der Waals surface area contributed by atoms with Crippen molar-refractivity contribution in [2.75, 3.05) is 52.1 Å². The van der Waals surface area contributed by atoms with Crippen LogP contribution in [0.25, 0.3) is 0 Å². The second-order valence-corrected chi connectivity index (χ2v) is 13.8. The zero-order valence-corrected chi connectivity index (χ0v) is 24.1. The SMILES string of the molecule is CNCc1ccc2c(c1)[C@@H](c1ccc(OCc3ccc(C[N+]45CCN(CC4)CC5)cc3)cc1)[C@@H](O)CCS2(=O)=O. The number of fused-ring (bicyclic) bond motifs is 4. The minimum Gasteiger partial charge on any atom is -0.489 e. The lowest BCUT2D eigenvalue weighted by atomic mass is 9.85. The smallest absolute Gasteiger partial charge is 0.178 e. The van der Waals surface area contributed by atoms with Gasteiger partial charge in [-0.25, -0.2) is 8.42 Å². The van der Waals surface area contributed by atoms with E-state index in [9.17, 15) is 13.5 Å². The topological polar surface area (TPSA) is 78.9 Å². The van der Waals surface area contributed by atoms with Crippen LogP contribution in [-0.4, -0.2) is 81.1 Å². The standard InChI is InChI=1S/C32H40N3O4S/c1-33-21-26-6-11-31-29(20-26)32(30(36)12-19-40(31,37)38)27-7-9-28(10-8-27)39-23-25-4-2-24(3-5-25)22-35-16-13-34(14-17-35)15-18-35/h2-11,20,30,32-33,36H,12-19,21-23H2,1H3/q+1/t30-,32+/m0/s1. The fourth-order valence-electron chi connectivity index (χ4n) is 6.63. The summed E-state index contributed by atoms with van der Waals surface area (Å²) in [6, 6.07) is 22.0. The van der Waals surface area contributed by atoms with Gasteiger partial charge in [-0.1, -0.05) is 48.5 Å². The van der Waals surface area contributed by atoms with Crippen molar-refractivity contribution < 1.29 is 22.7 Å². The second-order valence-electron chi connectivity index (χ2n) is 11.7. The minimum absolute atomic E-state index is 0.0539. The lowest BCUT2D eigenvalue weighted by molar-refractivity contribution is -0.953. The van der Waals surface area contributed by atoms with E-state index in [1.807, 2.05) is 43.4 Å². The first-order valence-electron chi connectivity index (χ1n) is 14.4. The number of hydrogen-bond acceptors (Lipinski definition) is 6. The van der Waals surface area contributed by atoms with Crippen LogP contribution < -0.4 is 10.1 Å². The number of hydrogen-bond donors (Lipinski definition) is 2. The van der Waals surface area contributed by atoms with Gasteiger partial charge in [-0.05, 0) is 53.9 Å². The number of nitrogens with one attached hydrogen (secondary N) is 1. The molecule has 212 valence electrons. The molecule has 8 heteroatoms. The zero-order chi connectivity index (χ0) is 27.7. The molecule has 0 unspecified atom stereocenters.